The second-order valence-corrected chi connectivity index (χ2v) is 11.0. The number of likely N-dealkylation sites (tertiary alicyclic amines) is 1. The SMILES string of the molecule is CN(C(=O)n1cnc(-c2cccc(C(=O)NC3CCN(C(=O)O)C(C(C)(C)C)C3)c2)c1)C1CCOCC1. The smallest absolute Gasteiger partial charge is 0.407 e. The zero-order valence-electron chi connectivity index (χ0n) is 22.0. The fourth-order valence-electron chi connectivity index (χ4n) is 5.22. The van der Waals surface area contributed by atoms with E-state index in [0.29, 0.717) is 43.9 Å². The number of carbonyl (C=O) groups excluding carboxylic acids is 2. The Kier molecular flexibility index (Phi) is 7.87. The summed E-state index contributed by atoms with van der Waals surface area (Å²) >= 11 is 0. The van der Waals surface area contributed by atoms with Gasteiger partial charge in [-0.05, 0) is 43.2 Å². The number of carboxylic acid groups (broad SMARTS) is 1. The number of carbonyl (C=O) groups is 3. The molecule has 3 heterocycles. The second-order valence-electron chi connectivity index (χ2n) is 11.0. The number of amides is 3. The van der Waals surface area contributed by atoms with Gasteiger partial charge in [0.1, 0.15) is 6.33 Å². The Balaban J connectivity index is 1.43. The molecule has 0 saturated carbocycles. The number of nitrogens with one attached hydrogen (secondary N) is 1. The molecule has 2 aliphatic heterocycles. The summed E-state index contributed by atoms with van der Waals surface area (Å²) in [6.07, 6.45) is 5.02. The number of rotatable bonds is 4. The molecule has 2 N–H and O–H groups in total. The quantitative estimate of drug-likeness (QED) is 0.643. The first-order valence-corrected chi connectivity index (χ1v) is 12.8. The van der Waals surface area contributed by atoms with E-state index in [0.717, 1.165) is 18.4 Å². The number of piperidine rings is 1. The van der Waals surface area contributed by atoms with Gasteiger partial charge in [-0.25, -0.2) is 14.6 Å². The van der Waals surface area contributed by atoms with Crippen molar-refractivity contribution in [3.63, 3.8) is 0 Å². The average molecular weight is 512 g/mol. The zero-order valence-corrected chi connectivity index (χ0v) is 22.0. The summed E-state index contributed by atoms with van der Waals surface area (Å²) in [4.78, 5) is 45.4. The third-order valence-corrected chi connectivity index (χ3v) is 7.45. The van der Waals surface area contributed by atoms with E-state index < -0.39 is 6.09 Å². The molecule has 2 atom stereocenters. The van der Waals surface area contributed by atoms with E-state index in [4.69, 9.17) is 4.74 Å². The molecular formula is C27H37N5O5. The van der Waals surface area contributed by atoms with Crippen LogP contribution in [0.25, 0.3) is 11.3 Å². The largest absolute Gasteiger partial charge is 0.465 e. The number of ether oxygens (including phenoxy) is 1. The lowest BCUT2D eigenvalue weighted by molar-refractivity contribution is 0.0470. The van der Waals surface area contributed by atoms with E-state index in [1.54, 1.807) is 36.3 Å². The summed E-state index contributed by atoms with van der Waals surface area (Å²) in [6.45, 7) is 7.76. The summed E-state index contributed by atoms with van der Waals surface area (Å²) in [5.41, 5.74) is 1.59. The molecule has 1 aromatic heterocycles. The van der Waals surface area contributed by atoms with Gasteiger partial charge in [-0.15, -0.1) is 0 Å². The van der Waals surface area contributed by atoms with Crippen molar-refractivity contribution in [3.8, 4) is 11.3 Å². The lowest BCUT2D eigenvalue weighted by Gasteiger charge is -2.44. The van der Waals surface area contributed by atoms with Crippen molar-refractivity contribution in [1.82, 2.24) is 24.7 Å². The van der Waals surface area contributed by atoms with Crippen molar-refractivity contribution in [2.75, 3.05) is 26.8 Å². The Morgan fingerprint density at radius 3 is 2.57 bits per heavy atom. The van der Waals surface area contributed by atoms with Gasteiger partial charge in [0, 0.05) is 62.3 Å². The van der Waals surface area contributed by atoms with E-state index in [2.05, 4.69) is 10.3 Å². The predicted molar refractivity (Wildman–Crippen MR) is 139 cm³/mol. The normalized spacial score (nSPS) is 20.9. The molecule has 2 saturated heterocycles. The molecule has 200 valence electrons. The Bertz CT molecular complexity index is 1130. The first-order valence-electron chi connectivity index (χ1n) is 12.8. The molecule has 4 rings (SSSR count). The number of imidazole rings is 1. The van der Waals surface area contributed by atoms with Crippen LogP contribution in [0, 0.1) is 5.41 Å². The highest BCUT2D eigenvalue weighted by atomic mass is 16.5. The summed E-state index contributed by atoms with van der Waals surface area (Å²) in [7, 11) is 1.80. The molecule has 1 aromatic carbocycles. The fraction of sp³-hybridized carbons (Fsp3) is 0.556. The van der Waals surface area contributed by atoms with Gasteiger partial charge in [0.15, 0.2) is 0 Å². The van der Waals surface area contributed by atoms with Gasteiger partial charge in [-0.1, -0.05) is 32.9 Å². The maximum absolute atomic E-state index is 13.1. The maximum atomic E-state index is 13.1. The summed E-state index contributed by atoms with van der Waals surface area (Å²) in [6, 6.07) is 6.85. The monoisotopic (exact) mass is 511 g/mol. The van der Waals surface area contributed by atoms with Crippen LogP contribution in [0.15, 0.2) is 36.8 Å². The molecular weight excluding hydrogens is 474 g/mol. The Labute approximate surface area is 217 Å². The van der Waals surface area contributed by atoms with Gasteiger partial charge in [-0.3, -0.25) is 9.36 Å². The van der Waals surface area contributed by atoms with Crippen LogP contribution < -0.4 is 5.32 Å². The predicted octanol–water partition coefficient (Wildman–Crippen LogP) is 3.92. The van der Waals surface area contributed by atoms with Crippen LogP contribution in [-0.2, 0) is 4.74 Å². The van der Waals surface area contributed by atoms with E-state index in [1.807, 2.05) is 26.8 Å². The topological polar surface area (TPSA) is 117 Å². The molecule has 2 fully saturated rings. The first kappa shape index (κ1) is 26.7. The molecule has 3 amide bonds. The van der Waals surface area contributed by atoms with Crippen LogP contribution >= 0.6 is 0 Å². The second kappa shape index (κ2) is 10.9. The molecule has 0 radical (unpaired) electrons. The summed E-state index contributed by atoms with van der Waals surface area (Å²) in [5, 5.41) is 12.7. The zero-order chi connectivity index (χ0) is 26.7. The minimum Gasteiger partial charge on any atom is -0.465 e. The Morgan fingerprint density at radius 2 is 1.89 bits per heavy atom. The third kappa shape index (κ3) is 6.12. The van der Waals surface area contributed by atoms with E-state index in [9.17, 15) is 19.5 Å². The molecule has 0 bridgehead atoms. The lowest BCUT2D eigenvalue weighted by Crippen LogP contribution is -2.56. The lowest BCUT2D eigenvalue weighted by atomic mass is 9.79. The molecule has 2 aliphatic rings. The van der Waals surface area contributed by atoms with Crippen LogP contribution in [0.2, 0.25) is 0 Å². The number of hydrogen-bond donors (Lipinski definition) is 2. The van der Waals surface area contributed by atoms with Crippen LogP contribution in [0.3, 0.4) is 0 Å². The first-order chi connectivity index (χ1) is 17.5. The van der Waals surface area contributed by atoms with E-state index in [-0.39, 0.29) is 35.5 Å². The highest BCUT2D eigenvalue weighted by Gasteiger charge is 2.39. The van der Waals surface area contributed by atoms with Crippen molar-refractivity contribution < 1.29 is 24.2 Å². The van der Waals surface area contributed by atoms with Crippen LogP contribution in [0.4, 0.5) is 9.59 Å². The minimum absolute atomic E-state index is 0.117. The molecule has 2 unspecified atom stereocenters. The van der Waals surface area contributed by atoms with E-state index in [1.165, 1.54) is 15.8 Å². The molecule has 10 nitrogen and oxygen atoms in total. The number of benzene rings is 1. The van der Waals surface area contributed by atoms with Crippen molar-refractivity contribution in [1.29, 1.82) is 0 Å². The number of hydrogen-bond acceptors (Lipinski definition) is 5. The summed E-state index contributed by atoms with van der Waals surface area (Å²) in [5.74, 6) is -0.210. The van der Waals surface area contributed by atoms with Gasteiger partial charge in [0.25, 0.3) is 5.91 Å². The van der Waals surface area contributed by atoms with Crippen molar-refractivity contribution in [3.05, 3.63) is 42.4 Å². The van der Waals surface area contributed by atoms with Gasteiger partial charge >= 0.3 is 12.1 Å². The highest BCUT2D eigenvalue weighted by molar-refractivity contribution is 5.95. The van der Waals surface area contributed by atoms with Gasteiger partial charge in [0.2, 0.25) is 0 Å². The molecule has 37 heavy (non-hydrogen) atoms. The van der Waals surface area contributed by atoms with Gasteiger partial charge in [-0.2, -0.15) is 0 Å². The average Bonchev–Trinajstić information content (AvgIpc) is 3.38. The molecule has 10 heteroatoms. The Hall–Kier alpha value is -3.40. The number of aromatic nitrogens is 2. The van der Waals surface area contributed by atoms with Crippen LogP contribution in [-0.4, -0.2) is 87.4 Å². The molecule has 0 spiro atoms. The summed E-state index contributed by atoms with van der Waals surface area (Å²) < 4.78 is 6.87. The van der Waals surface area contributed by atoms with E-state index >= 15 is 0 Å². The highest BCUT2D eigenvalue weighted by Crippen LogP contribution is 2.32. The molecule has 0 aliphatic carbocycles. The third-order valence-electron chi connectivity index (χ3n) is 7.45. The van der Waals surface area contributed by atoms with Crippen LogP contribution in [0.5, 0.6) is 0 Å². The minimum atomic E-state index is -0.922. The van der Waals surface area contributed by atoms with Gasteiger partial charge < -0.3 is 25.0 Å². The van der Waals surface area contributed by atoms with Gasteiger partial charge in [0.05, 0.1) is 5.69 Å². The standard InChI is InChI=1S/C27H37N5O5/c1-27(2,3)23-15-20(8-11-32(23)26(35)36)29-24(33)19-7-5-6-18(14-19)22-16-31(17-28-22)25(34)30(4)21-9-12-37-13-10-21/h5-7,14,16-17,20-21,23H,8-13,15H2,1-4H3,(H,29,33)(H,35,36). The maximum Gasteiger partial charge on any atom is 0.407 e. The van der Waals surface area contributed by atoms with Crippen molar-refractivity contribution in [2.45, 2.75) is 64.6 Å². The Morgan fingerprint density at radius 1 is 1.16 bits per heavy atom. The van der Waals surface area contributed by atoms with Crippen LogP contribution in [0.1, 0.15) is 56.8 Å². The number of nitrogens with zero attached hydrogens (tertiary/aromatic N) is 4. The van der Waals surface area contributed by atoms with Crippen molar-refractivity contribution >= 4 is 18.0 Å². The molecule has 2 aromatic rings. The van der Waals surface area contributed by atoms with Crippen molar-refractivity contribution in [2.24, 2.45) is 5.41 Å². The fourth-order valence-corrected chi connectivity index (χ4v) is 5.22.